The van der Waals surface area contributed by atoms with Gasteiger partial charge in [-0.15, -0.1) is 0 Å². The number of hydrogen-bond donors (Lipinski definition) is 1. The minimum absolute atomic E-state index is 0.0129. The zero-order valence-corrected chi connectivity index (χ0v) is 15.9. The lowest BCUT2D eigenvalue weighted by molar-refractivity contribution is -0.117. The first-order valence-corrected chi connectivity index (χ1v) is 8.82. The van der Waals surface area contributed by atoms with Gasteiger partial charge in [0.15, 0.2) is 11.5 Å². The fourth-order valence-electron chi connectivity index (χ4n) is 3.53. The zero-order chi connectivity index (χ0) is 18.7. The molecule has 0 aliphatic carbocycles. The summed E-state index contributed by atoms with van der Waals surface area (Å²) in [5, 5.41) is 3.01. The van der Waals surface area contributed by atoms with Crippen molar-refractivity contribution in [2.24, 2.45) is 0 Å². The first-order valence-electron chi connectivity index (χ1n) is 8.82. The van der Waals surface area contributed by atoms with Gasteiger partial charge >= 0.3 is 0 Å². The van der Waals surface area contributed by atoms with E-state index in [-0.39, 0.29) is 5.91 Å². The van der Waals surface area contributed by atoms with Crippen LogP contribution in [-0.2, 0) is 17.8 Å². The molecule has 0 spiro atoms. The Morgan fingerprint density at radius 3 is 2.23 bits per heavy atom. The summed E-state index contributed by atoms with van der Waals surface area (Å²) >= 11 is 0. The number of carbonyl (C=O) groups is 1. The predicted molar refractivity (Wildman–Crippen MR) is 103 cm³/mol. The number of aryl methyl sites for hydroxylation is 2. The highest BCUT2D eigenvalue weighted by atomic mass is 16.5. The highest BCUT2D eigenvalue weighted by molar-refractivity contribution is 5.92. The van der Waals surface area contributed by atoms with E-state index in [0.717, 1.165) is 47.8 Å². The quantitative estimate of drug-likeness (QED) is 0.895. The molecule has 1 aliphatic rings. The number of anilines is 1. The molecule has 0 unspecified atom stereocenters. The van der Waals surface area contributed by atoms with E-state index < -0.39 is 0 Å². The van der Waals surface area contributed by atoms with Gasteiger partial charge < -0.3 is 14.8 Å². The Morgan fingerprint density at radius 1 is 1.00 bits per heavy atom. The second kappa shape index (κ2) is 7.79. The molecule has 0 saturated heterocycles. The normalized spacial score (nSPS) is 13.8. The molecule has 0 radical (unpaired) electrons. The van der Waals surface area contributed by atoms with Crippen LogP contribution in [0.15, 0.2) is 30.3 Å². The second-order valence-corrected chi connectivity index (χ2v) is 6.86. The minimum atomic E-state index is 0.0129. The number of amides is 1. The highest BCUT2D eigenvalue weighted by Gasteiger charge is 2.21. The fourth-order valence-corrected chi connectivity index (χ4v) is 3.53. The maximum atomic E-state index is 12.4. The maximum Gasteiger partial charge on any atom is 0.238 e. The first-order chi connectivity index (χ1) is 12.5. The third-order valence-corrected chi connectivity index (χ3v) is 4.67. The summed E-state index contributed by atoms with van der Waals surface area (Å²) in [7, 11) is 3.29. The van der Waals surface area contributed by atoms with Crippen LogP contribution in [0.25, 0.3) is 0 Å². The van der Waals surface area contributed by atoms with Gasteiger partial charge in [0.1, 0.15) is 0 Å². The number of nitrogens with one attached hydrogen (secondary N) is 1. The van der Waals surface area contributed by atoms with Gasteiger partial charge in [0.05, 0.1) is 20.8 Å². The Hall–Kier alpha value is -2.53. The van der Waals surface area contributed by atoms with Crippen molar-refractivity contribution in [3.05, 3.63) is 52.6 Å². The Balaban J connectivity index is 1.66. The summed E-state index contributed by atoms with van der Waals surface area (Å²) in [6.07, 6.45) is 0.895. The first kappa shape index (κ1) is 18.3. The van der Waals surface area contributed by atoms with Gasteiger partial charge in [0.2, 0.25) is 5.91 Å². The van der Waals surface area contributed by atoms with E-state index in [2.05, 4.69) is 16.3 Å². The molecule has 1 aliphatic heterocycles. The average Bonchev–Trinajstić information content (AvgIpc) is 2.59. The third kappa shape index (κ3) is 4.17. The Morgan fingerprint density at radius 2 is 1.62 bits per heavy atom. The van der Waals surface area contributed by atoms with Crippen LogP contribution in [0, 0.1) is 13.8 Å². The largest absolute Gasteiger partial charge is 0.493 e. The van der Waals surface area contributed by atoms with Crippen molar-refractivity contribution in [2.75, 3.05) is 32.6 Å². The average molecular weight is 354 g/mol. The highest BCUT2D eigenvalue weighted by Crippen LogP contribution is 2.33. The number of hydrogen-bond acceptors (Lipinski definition) is 4. The van der Waals surface area contributed by atoms with Crippen LogP contribution in [0.2, 0.25) is 0 Å². The maximum absolute atomic E-state index is 12.4. The monoisotopic (exact) mass is 354 g/mol. The molecule has 1 amide bonds. The van der Waals surface area contributed by atoms with E-state index >= 15 is 0 Å². The number of fused-ring (bicyclic) bond motifs is 1. The summed E-state index contributed by atoms with van der Waals surface area (Å²) in [6.45, 7) is 6.03. The number of carbonyl (C=O) groups excluding carboxylic acids is 1. The van der Waals surface area contributed by atoms with Gasteiger partial charge in [0.25, 0.3) is 0 Å². The van der Waals surface area contributed by atoms with Gasteiger partial charge in [-0.1, -0.05) is 6.07 Å². The lowest BCUT2D eigenvalue weighted by Gasteiger charge is -2.29. The Kier molecular flexibility index (Phi) is 5.47. The molecule has 0 aromatic heterocycles. The van der Waals surface area contributed by atoms with E-state index in [1.54, 1.807) is 14.2 Å². The van der Waals surface area contributed by atoms with Crippen LogP contribution in [0.3, 0.4) is 0 Å². The summed E-state index contributed by atoms with van der Waals surface area (Å²) in [5.74, 6) is 1.50. The summed E-state index contributed by atoms with van der Waals surface area (Å²) in [4.78, 5) is 14.6. The Labute approximate surface area is 154 Å². The Bertz CT molecular complexity index is 797. The van der Waals surface area contributed by atoms with E-state index in [0.29, 0.717) is 6.54 Å². The van der Waals surface area contributed by atoms with Gasteiger partial charge in [-0.25, -0.2) is 0 Å². The topological polar surface area (TPSA) is 50.8 Å². The predicted octanol–water partition coefficient (Wildman–Crippen LogP) is 3.32. The van der Waals surface area contributed by atoms with E-state index in [9.17, 15) is 4.79 Å². The van der Waals surface area contributed by atoms with Crippen molar-refractivity contribution in [1.29, 1.82) is 0 Å². The number of rotatable bonds is 5. The van der Waals surface area contributed by atoms with Crippen molar-refractivity contribution in [3.63, 3.8) is 0 Å². The van der Waals surface area contributed by atoms with Crippen molar-refractivity contribution in [2.45, 2.75) is 26.8 Å². The van der Waals surface area contributed by atoms with Gasteiger partial charge in [0, 0.05) is 18.8 Å². The van der Waals surface area contributed by atoms with Gasteiger partial charge in [-0.2, -0.15) is 0 Å². The molecule has 0 bridgehead atoms. The molecule has 2 aromatic carbocycles. The van der Waals surface area contributed by atoms with Crippen molar-refractivity contribution in [3.8, 4) is 11.5 Å². The molecule has 5 nitrogen and oxygen atoms in total. The van der Waals surface area contributed by atoms with E-state index in [1.165, 1.54) is 11.1 Å². The van der Waals surface area contributed by atoms with Crippen LogP contribution < -0.4 is 14.8 Å². The molecule has 2 aromatic rings. The molecule has 0 atom stereocenters. The minimum Gasteiger partial charge on any atom is -0.493 e. The van der Waals surface area contributed by atoms with Crippen LogP contribution in [0.4, 0.5) is 5.69 Å². The third-order valence-electron chi connectivity index (χ3n) is 4.67. The van der Waals surface area contributed by atoms with Crippen LogP contribution in [0.1, 0.15) is 22.3 Å². The number of nitrogens with zero attached hydrogens (tertiary/aromatic N) is 1. The second-order valence-electron chi connectivity index (χ2n) is 6.86. The van der Waals surface area contributed by atoms with E-state index in [1.807, 2.05) is 38.1 Å². The number of ether oxygens (including phenoxy) is 2. The number of benzene rings is 2. The molecule has 1 heterocycles. The molecule has 3 rings (SSSR count). The zero-order valence-electron chi connectivity index (χ0n) is 15.9. The standard InChI is InChI=1S/C21H26N2O3/c1-14-7-15(2)9-18(8-14)22-21(24)13-23-6-5-16-10-19(25-3)20(26-4)11-17(16)12-23/h7-11H,5-6,12-13H2,1-4H3,(H,22,24). The smallest absolute Gasteiger partial charge is 0.238 e. The van der Waals surface area contributed by atoms with Crippen molar-refractivity contribution in [1.82, 2.24) is 4.90 Å². The molecule has 26 heavy (non-hydrogen) atoms. The molecule has 138 valence electrons. The van der Waals surface area contributed by atoms with E-state index in [4.69, 9.17) is 9.47 Å². The fraction of sp³-hybridized carbons (Fsp3) is 0.381. The summed E-state index contributed by atoms with van der Waals surface area (Å²) in [6, 6.07) is 10.1. The van der Waals surface area contributed by atoms with Gasteiger partial charge in [-0.3, -0.25) is 9.69 Å². The summed E-state index contributed by atoms with van der Waals surface area (Å²) in [5.41, 5.74) is 5.60. The van der Waals surface area contributed by atoms with Crippen molar-refractivity contribution < 1.29 is 14.3 Å². The van der Waals surface area contributed by atoms with Gasteiger partial charge in [-0.05, 0) is 66.8 Å². The van der Waals surface area contributed by atoms with Crippen molar-refractivity contribution >= 4 is 11.6 Å². The number of methoxy groups -OCH3 is 2. The van der Waals surface area contributed by atoms with Crippen LogP contribution in [-0.4, -0.2) is 38.1 Å². The lowest BCUT2D eigenvalue weighted by atomic mass is 9.99. The van der Waals surface area contributed by atoms with Crippen LogP contribution in [0.5, 0.6) is 11.5 Å². The molecular weight excluding hydrogens is 328 g/mol. The molecule has 1 N–H and O–H groups in total. The lowest BCUT2D eigenvalue weighted by Crippen LogP contribution is -2.37. The molecule has 0 saturated carbocycles. The molecular formula is C21H26N2O3. The molecule has 5 heteroatoms. The molecule has 0 fully saturated rings. The summed E-state index contributed by atoms with van der Waals surface area (Å²) < 4.78 is 10.8. The SMILES string of the molecule is COc1cc2c(cc1OC)CN(CC(=O)Nc1cc(C)cc(C)c1)CC2. The van der Waals surface area contributed by atoms with Crippen LogP contribution >= 0.6 is 0 Å².